The molecule has 4 heteroatoms. The predicted octanol–water partition coefficient (Wildman–Crippen LogP) is 8.75. The molecule has 4 nitrogen and oxygen atoms in total. The molecule has 0 bridgehead atoms. The zero-order chi connectivity index (χ0) is 28.3. The Hall–Kier alpha value is -3.40. The Kier molecular flexibility index (Phi) is 8.86. The van der Waals surface area contributed by atoms with E-state index in [4.69, 9.17) is 9.47 Å². The second-order valence-electron chi connectivity index (χ2n) is 10.7. The van der Waals surface area contributed by atoms with Crippen LogP contribution in [-0.2, 0) is 4.79 Å². The van der Waals surface area contributed by atoms with E-state index in [2.05, 4.69) is 58.9 Å². The Morgan fingerprint density at radius 1 is 0.711 bits per heavy atom. The minimum atomic E-state index is -0.581. The fourth-order valence-electron chi connectivity index (χ4n) is 5.66. The van der Waals surface area contributed by atoms with Gasteiger partial charge >= 0.3 is 5.97 Å². The molecule has 0 aliphatic rings. The molecule has 1 unspecified atom stereocenters. The van der Waals surface area contributed by atoms with Gasteiger partial charge in [-0.05, 0) is 131 Å². The van der Waals surface area contributed by atoms with Crippen LogP contribution in [0.2, 0.25) is 0 Å². The summed E-state index contributed by atoms with van der Waals surface area (Å²) >= 11 is 0. The van der Waals surface area contributed by atoms with Crippen LogP contribution in [0.15, 0.2) is 54.6 Å². The third-order valence-corrected chi connectivity index (χ3v) is 8.39. The van der Waals surface area contributed by atoms with Crippen LogP contribution in [0.1, 0.15) is 86.5 Å². The second-order valence-corrected chi connectivity index (χ2v) is 10.7. The summed E-state index contributed by atoms with van der Waals surface area (Å²) in [4.78, 5) is 25.4. The maximum atomic E-state index is 12.8. The molecule has 0 spiro atoms. The standard InChI is InChI=1S/C34H42O4/c1-10-33(9,26(8)35)34(11-2,12-3)38-31-24(6)20-29(21-25(31)7)28-18-22(4)30(23(5)19-28)37-32(36)27-16-14-13-15-17-27/h13-21H,10-12H2,1-9H3. The zero-order valence-electron chi connectivity index (χ0n) is 24.5. The molecule has 3 aromatic carbocycles. The molecule has 0 amide bonds. The molecule has 0 fully saturated rings. The lowest BCUT2D eigenvalue weighted by Gasteiger charge is -2.46. The fraction of sp³-hybridized carbons (Fsp3) is 0.412. The van der Waals surface area contributed by atoms with Gasteiger partial charge in [0.2, 0.25) is 0 Å². The topological polar surface area (TPSA) is 52.6 Å². The Balaban J connectivity index is 1.97. The van der Waals surface area contributed by atoms with Crippen LogP contribution in [0.25, 0.3) is 11.1 Å². The minimum absolute atomic E-state index is 0.162. The predicted molar refractivity (Wildman–Crippen MR) is 155 cm³/mol. The van der Waals surface area contributed by atoms with E-state index in [-0.39, 0.29) is 11.8 Å². The Bertz CT molecular complexity index is 1270. The van der Waals surface area contributed by atoms with Gasteiger partial charge in [-0.1, -0.05) is 39.0 Å². The van der Waals surface area contributed by atoms with Crippen molar-refractivity contribution < 1.29 is 19.1 Å². The first-order chi connectivity index (χ1) is 17.9. The monoisotopic (exact) mass is 514 g/mol. The molecule has 0 saturated heterocycles. The van der Waals surface area contributed by atoms with Crippen molar-refractivity contribution in [1.82, 2.24) is 0 Å². The van der Waals surface area contributed by atoms with Gasteiger partial charge in [0.05, 0.1) is 11.0 Å². The highest BCUT2D eigenvalue weighted by atomic mass is 16.5. The van der Waals surface area contributed by atoms with Crippen molar-refractivity contribution in [1.29, 1.82) is 0 Å². The number of esters is 1. The number of carbonyl (C=O) groups is 2. The lowest BCUT2D eigenvalue weighted by atomic mass is 9.66. The lowest BCUT2D eigenvalue weighted by molar-refractivity contribution is -0.142. The molecule has 3 aromatic rings. The first kappa shape index (κ1) is 29.2. The van der Waals surface area contributed by atoms with Crippen molar-refractivity contribution in [3.63, 3.8) is 0 Å². The average Bonchev–Trinajstić information content (AvgIpc) is 2.90. The van der Waals surface area contributed by atoms with Crippen molar-refractivity contribution in [2.75, 3.05) is 0 Å². The Labute approximate surface area is 228 Å². The summed E-state index contributed by atoms with van der Waals surface area (Å²) in [6.07, 6.45) is 2.21. The van der Waals surface area contributed by atoms with E-state index in [9.17, 15) is 9.59 Å². The van der Waals surface area contributed by atoms with E-state index >= 15 is 0 Å². The van der Waals surface area contributed by atoms with Crippen LogP contribution in [0.4, 0.5) is 0 Å². The molecule has 3 rings (SSSR count). The van der Waals surface area contributed by atoms with E-state index in [0.717, 1.165) is 58.4 Å². The third kappa shape index (κ3) is 5.41. The molecule has 202 valence electrons. The maximum absolute atomic E-state index is 12.8. The summed E-state index contributed by atoms with van der Waals surface area (Å²) in [7, 11) is 0. The van der Waals surface area contributed by atoms with Gasteiger partial charge in [0.1, 0.15) is 22.9 Å². The highest BCUT2D eigenvalue weighted by Gasteiger charge is 2.50. The van der Waals surface area contributed by atoms with Crippen molar-refractivity contribution in [3.8, 4) is 22.6 Å². The third-order valence-electron chi connectivity index (χ3n) is 8.39. The number of Topliss-reactive ketones (excluding diaryl/α,β-unsaturated/α-hetero) is 1. The van der Waals surface area contributed by atoms with Crippen molar-refractivity contribution in [3.05, 3.63) is 82.4 Å². The van der Waals surface area contributed by atoms with Crippen LogP contribution in [0, 0.1) is 33.1 Å². The van der Waals surface area contributed by atoms with Crippen LogP contribution < -0.4 is 9.47 Å². The summed E-state index contributed by atoms with van der Waals surface area (Å²) in [5.74, 6) is 1.24. The van der Waals surface area contributed by atoms with Crippen molar-refractivity contribution in [2.24, 2.45) is 5.41 Å². The molecule has 0 saturated carbocycles. The van der Waals surface area contributed by atoms with E-state index in [1.54, 1.807) is 19.1 Å². The molecule has 0 aliphatic carbocycles. The summed E-state index contributed by atoms with van der Waals surface area (Å²) in [5.41, 5.74) is 5.35. The number of hydrogen-bond acceptors (Lipinski definition) is 4. The number of hydrogen-bond donors (Lipinski definition) is 0. The van der Waals surface area contributed by atoms with Gasteiger partial charge in [-0.15, -0.1) is 0 Å². The summed E-state index contributed by atoms with van der Waals surface area (Å²) < 4.78 is 12.6. The van der Waals surface area contributed by atoms with Crippen molar-refractivity contribution >= 4 is 11.8 Å². The molecule has 0 aliphatic heterocycles. The average molecular weight is 515 g/mol. The van der Waals surface area contributed by atoms with Gasteiger partial charge in [0.15, 0.2) is 0 Å². The van der Waals surface area contributed by atoms with Gasteiger partial charge in [-0.2, -0.15) is 0 Å². The molecule has 0 radical (unpaired) electrons. The molecular weight excluding hydrogens is 472 g/mol. The molecule has 0 heterocycles. The molecular formula is C34H42O4. The number of benzene rings is 3. The molecule has 0 aromatic heterocycles. The molecule has 38 heavy (non-hydrogen) atoms. The summed E-state index contributed by atoms with van der Waals surface area (Å²) in [6.45, 7) is 18.1. The van der Waals surface area contributed by atoms with Crippen LogP contribution in [0.3, 0.4) is 0 Å². The maximum Gasteiger partial charge on any atom is 0.343 e. The van der Waals surface area contributed by atoms with Gasteiger partial charge in [-0.3, -0.25) is 4.79 Å². The van der Waals surface area contributed by atoms with Crippen LogP contribution >= 0.6 is 0 Å². The normalized spacial score (nSPS) is 13.1. The number of aryl methyl sites for hydroxylation is 4. The number of rotatable bonds is 10. The van der Waals surface area contributed by atoms with E-state index < -0.39 is 11.0 Å². The van der Waals surface area contributed by atoms with Gasteiger partial charge in [0, 0.05) is 0 Å². The zero-order valence-corrected chi connectivity index (χ0v) is 24.5. The molecule has 0 N–H and O–H groups in total. The number of ketones is 1. The largest absolute Gasteiger partial charge is 0.486 e. The van der Waals surface area contributed by atoms with Crippen molar-refractivity contribution in [2.45, 2.75) is 87.2 Å². The van der Waals surface area contributed by atoms with E-state index in [0.29, 0.717) is 11.3 Å². The van der Waals surface area contributed by atoms with E-state index in [1.165, 1.54) is 0 Å². The molecule has 1 atom stereocenters. The first-order valence-electron chi connectivity index (χ1n) is 13.6. The first-order valence-corrected chi connectivity index (χ1v) is 13.6. The second kappa shape index (κ2) is 11.6. The van der Waals surface area contributed by atoms with Crippen LogP contribution in [0.5, 0.6) is 11.5 Å². The van der Waals surface area contributed by atoms with Crippen LogP contribution in [-0.4, -0.2) is 17.4 Å². The Morgan fingerprint density at radius 2 is 1.16 bits per heavy atom. The SMILES string of the molecule is CCC(CC)(Oc1c(C)cc(-c2cc(C)c(OC(=O)c3ccccc3)c(C)c2)cc1C)C(C)(CC)C(C)=O. The summed E-state index contributed by atoms with van der Waals surface area (Å²) in [5, 5.41) is 0. The lowest BCUT2D eigenvalue weighted by Crippen LogP contribution is -2.54. The highest BCUT2D eigenvalue weighted by molar-refractivity contribution is 5.91. The fourth-order valence-corrected chi connectivity index (χ4v) is 5.66. The number of carbonyl (C=O) groups excluding carboxylic acids is 2. The number of ether oxygens (including phenoxy) is 2. The summed E-state index contributed by atoms with van der Waals surface area (Å²) in [6, 6.07) is 17.4. The van der Waals surface area contributed by atoms with Gasteiger partial charge in [-0.25, -0.2) is 4.79 Å². The highest BCUT2D eigenvalue weighted by Crippen LogP contribution is 2.46. The smallest absolute Gasteiger partial charge is 0.343 e. The van der Waals surface area contributed by atoms with Gasteiger partial charge < -0.3 is 9.47 Å². The Morgan fingerprint density at radius 3 is 1.55 bits per heavy atom. The quantitative estimate of drug-likeness (QED) is 0.200. The van der Waals surface area contributed by atoms with Gasteiger partial charge in [0.25, 0.3) is 0 Å². The minimum Gasteiger partial charge on any atom is -0.486 e. The van der Waals surface area contributed by atoms with E-state index in [1.807, 2.05) is 39.0 Å².